The zero-order valence-electron chi connectivity index (χ0n) is 21.5. The Bertz CT molecular complexity index is 1360. The minimum Gasteiger partial charge on any atom is -0.362 e. The minimum absolute atomic E-state index is 0.0143. The highest BCUT2D eigenvalue weighted by atomic mass is 35.5. The second kappa shape index (κ2) is 11.6. The topological polar surface area (TPSA) is 70.2 Å². The van der Waals surface area contributed by atoms with Crippen molar-refractivity contribution in [1.29, 1.82) is 0 Å². The zero-order valence-corrected chi connectivity index (χ0v) is 23.0. The molecule has 1 fully saturated rings. The van der Waals surface area contributed by atoms with Gasteiger partial charge in [0.05, 0.1) is 11.4 Å². The lowest BCUT2D eigenvalue weighted by Gasteiger charge is -2.31. The first kappa shape index (κ1) is 26.3. The van der Waals surface area contributed by atoms with Crippen molar-refractivity contribution in [2.75, 3.05) is 24.3 Å². The van der Waals surface area contributed by atoms with E-state index in [0.717, 1.165) is 53.5 Å². The van der Waals surface area contributed by atoms with Crippen LogP contribution in [0, 0.1) is 0 Å². The number of carbonyl (C=O) groups excluding carboxylic acids is 1. The number of nitrogens with one attached hydrogen (secondary N) is 2. The lowest BCUT2D eigenvalue weighted by atomic mass is 9.88. The van der Waals surface area contributed by atoms with Crippen LogP contribution in [0.1, 0.15) is 42.7 Å². The van der Waals surface area contributed by atoms with Crippen molar-refractivity contribution >= 4 is 51.8 Å². The van der Waals surface area contributed by atoms with Crippen LogP contribution in [0.15, 0.2) is 72.8 Å². The lowest BCUT2D eigenvalue weighted by Crippen LogP contribution is -2.42. The van der Waals surface area contributed by atoms with E-state index in [0.29, 0.717) is 16.0 Å². The molecule has 1 aromatic heterocycles. The molecule has 3 aromatic carbocycles. The number of fused-ring (bicyclic) bond motifs is 1. The van der Waals surface area contributed by atoms with E-state index in [4.69, 9.17) is 33.2 Å². The van der Waals surface area contributed by atoms with Crippen LogP contribution in [0.3, 0.4) is 0 Å². The molecular formula is C30H31Cl2N5O. The molecular weight excluding hydrogens is 517 g/mol. The molecule has 2 N–H and O–H groups in total. The van der Waals surface area contributed by atoms with Crippen LogP contribution in [0.5, 0.6) is 0 Å². The van der Waals surface area contributed by atoms with E-state index in [1.165, 1.54) is 0 Å². The average molecular weight is 549 g/mol. The van der Waals surface area contributed by atoms with Gasteiger partial charge in [-0.15, -0.1) is 0 Å². The molecule has 0 spiro atoms. The largest absolute Gasteiger partial charge is 0.362 e. The summed E-state index contributed by atoms with van der Waals surface area (Å²) in [4.78, 5) is 25.1. The van der Waals surface area contributed by atoms with Crippen molar-refractivity contribution in [2.24, 2.45) is 0 Å². The molecule has 0 unspecified atom stereocenters. The number of amides is 1. The van der Waals surface area contributed by atoms with Gasteiger partial charge in [0.25, 0.3) is 0 Å². The van der Waals surface area contributed by atoms with Crippen molar-refractivity contribution < 1.29 is 4.79 Å². The van der Waals surface area contributed by atoms with Gasteiger partial charge >= 0.3 is 0 Å². The van der Waals surface area contributed by atoms with Crippen molar-refractivity contribution in [2.45, 2.75) is 43.7 Å². The van der Waals surface area contributed by atoms with Crippen LogP contribution in [0.25, 0.3) is 10.9 Å². The standard InChI is InChI=1S/C30H31Cl2N5O/c1-37(2)28-25-5-3-4-6-26(25)35-30(36-28)34-24-17-15-23(16-18-24)33-29(38)27(19-7-11-21(31)12-8-19)20-9-13-22(32)14-10-20/h3-14,23-24,27H,15-18H2,1-2H3,(H,33,38)(H,34,35,36)/t23-,24+. The first-order valence-corrected chi connectivity index (χ1v) is 13.6. The molecule has 5 rings (SSSR count). The molecule has 1 heterocycles. The zero-order chi connectivity index (χ0) is 26.6. The predicted molar refractivity (Wildman–Crippen MR) is 156 cm³/mol. The van der Waals surface area contributed by atoms with Crippen molar-refractivity contribution in [3.05, 3.63) is 94.0 Å². The fourth-order valence-electron chi connectivity index (χ4n) is 5.12. The van der Waals surface area contributed by atoms with Crippen LogP contribution in [-0.4, -0.2) is 42.1 Å². The van der Waals surface area contributed by atoms with E-state index in [2.05, 4.69) is 10.6 Å². The van der Waals surface area contributed by atoms with Crippen molar-refractivity contribution in [3.8, 4) is 0 Å². The van der Waals surface area contributed by atoms with Gasteiger partial charge in [-0.2, -0.15) is 4.98 Å². The highest BCUT2D eigenvalue weighted by Crippen LogP contribution is 2.30. The molecule has 0 atom stereocenters. The molecule has 0 aliphatic heterocycles. The molecule has 0 radical (unpaired) electrons. The van der Waals surface area contributed by atoms with Crippen LogP contribution < -0.4 is 15.5 Å². The maximum absolute atomic E-state index is 13.6. The van der Waals surface area contributed by atoms with Gasteiger partial charge in [0.15, 0.2) is 0 Å². The molecule has 6 nitrogen and oxygen atoms in total. The Labute approximate surface area is 233 Å². The van der Waals surface area contributed by atoms with E-state index in [9.17, 15) is 4.79 Å². The van der Waals surface area contributed by atoms with E-state index >= 15 is 0 Å². The molecule has 1 amide bonds. The Morgan fingerprint density at radius 2 is 1.37 bits per heavy atom. The number of nitrogens with zero attached hydrogens (tertiary/aromatic N) is 3. The SMILES string of the molecule is CN(C)c1nc(N[C@H]2CC[C@@H](NC(=O)C(c3ccc(Cl)cc3)c3ccc(Cl)cc3)CC2)nc2ccccc12. The van der Waals surface area contributed by atoms with E-state index in [1.54, 1.807) is 0 Å². The number of aromatic nitrogens is 2. The second-order valence-electron chi connectivity index (χ2n) is 10.0. The number of hydrogen-bond acceptors (Lipinski definition) is 5. The number of carbonyl (C=O) groups is 1. The van der Waals surface area contributed by atoms with Gasteiger partial charge in [-0.3, -0.25) is 4.79 Å². The molecule has 1 aliphatic carbocycles. The van der Waals surface area contributed by atoms with E-state index in [-0.39, 0.29) is 18.0 Å². The fraction of sp³-hybridized carbons (Fsp3) is 0.300. The smallest absolute Gasteiger partial charge is 0.232 e. The number of hydrogen-bond donors (Lipinski definition) is 2. The Kier molecular flexibility index (Phi) is 8.01. The number of benzene rings is 3. The number of rotatable bonds is 7. The van der Waals surface area contributed by atoms with Crippen LogP contribution in [0.2, 0.25) is 10.0 Å². The van der Waals surface area contributed by atoms with Gasteiger partial charge in [0, 0.05) is 41.6 Å². The molecule has 0 saturated heterocycles. The van der Waals surface area contributed by atoms with Crippen LogP contribution in [0.4, 0.5) is 11.8 Å². The third kappa shape index (κ3) is 6.03. The Morgan fingerprint density at radius 1 is 0.816 bits per heavy atom. The Balaban J connectivity index is 1.25. The molecule has 1 saturated carbocycles. The average Bonchev–Trinajstić information content (AvgIpc) is 2.91. The van der Waals surface area contributed by atoms with Crippen molar-refractivity contribution in [1.82, 2.24) is 15.3 Å². The molecule has 38 heavy (non-hydrogen) atoms. The van der Waals surface area contributed by atoms with E-state index < -0.39 is 5.92 Å². The van der Waals surface area contributed by atoms with E-state index in [1.807, 2.05) is 91.8 Å². The van der Waals surface area contributed by atoms with Gasteiger partial charge in [-0.1, -0.05) is 59.6 Å². The summed E-state index contributed by atoms with van der Waals surface area (Å²) in [6.45, 7) is 0. The van der Waals surface area contributed by atoms with Crippen molar-refractivity contribution in [3.63, 3.8) is 0 Å². The minimum atomic E-state index is -0.434. The highest BCUT2D eigenvalue weighted by molar-refractivity contribution is 6.30. The summed E-state index contributed by atoms with van der Waals surface area (Å²) >= 11 is 12.2. The quantitative estimate of drug-likeness (QED) is 0.270. The number of halogens is 2. The van der Waals surface area contributed by atoms with Gasteiger partial charge in [-0.05, 0) is 73.2 Å². The lowest BCUT2D eigenvalue weighted by molar-refractivity contribution is -0.122. The third-order valence-electron chi connectivity index (χ3n) is 7.08. The molecule has 196 valence electrons. The summed E-state index contributed by atoms with van der Waals surface area (Å²) in [5, 5.41) is 9.16. The normalized spacial score (nSPS) is 17.4. The maximum atomic E-state index is 13.6. The van der Waals surface area contributed by atoms with Gasteiger partial charge in [0.2, 0.25) is 11.9 Å². The highest BCUT2D eigenvalue weighted by Gasteiger charge is 2.28. The second-order valence-corrected chi connectivity index (χ2v) is 10.9. The summed E-state index contributed by atoms with van der Waals surface area (Å²) in [5.41, 5.74) is 2.72. The third-order valence-corrected chi connectivity index (χ3v) is 7.59. The molecule has 8 heteroatoms. The summed E-state index contributed by atoms with van der Waals surface area (Å²) in [7, 11) is 3.99. The summed E-state index contributed by atoms with van der Waals surface area (Å²) in [6.07, 6.45) is 3.60. The number of anilines is 2. The Morgan fingerprint density at radius 3 is 1.95 bits per heavy atom. The van der Waals surface area contributed by atoms with Gasteiger partial charge in [-0.25, -0.2) is 4.98 Å². The first-order valence-electron chi connectivity index (χ1n) is 12.9. The Hall–Kier alpha value is -3.35. The monoisotopic (exact) mass is 547 g/mol. The summed E-state index contributed by atoms with van der Waals surface area (Å²) < 4.78 is 0. The number of para-hydroxylation sites is 1. The first-order chi connectivity index (χ1) is 18.4. The van der Waals surface area contributed by atoms with Crippen LogP contribution in [-0.2, 0) is 4.79 Å². The summed E-state index contributed by atoms with van der Waals surface area (Å²) in [6, 6.07) is 23.3. The van der Waals surface area contributed by atoms with Gasteiger partial charge < -0.3 is 15.5 Å². The molecule has 1 aliphatic rings. The molecule has 4 aromatic rings. The molecule has 0 bridgehead atoms. The fourth-order valence-corrected chi connectivity index (χ4v) is 5.37. The maximum Gasteiger partial charge on any atom is 0.232 e. The van der Waals surface area contributed by atoms with Gasteiger partial charge in [0.1, 0.15) is 5.82 Å². The summed E-state index contributed by atoms with van der Waals surface area (Å²) in [5.74, 6) is 1.09. The van der Waals surface area contributed by atoms with Crippen LogP contribution >= 0.6 is 23.2 Å². The predicted octanol–water partition coefficient (Wildman–Crippen LogP) is 6.67.